The summed E-state index contributed by atoms with van der Waals surface area (Å²) in [6.07, 6.45) is 2.68. The summed E-state index contributed by atoms with van der Waals surface area (Å²) in [6, 6.07) is 16.4. The van der Waals surface area contributed by atoms with E-state index < -0.39 is 0 Å². The second kappa shape index (κ2) is 9.75. The smallest absolute Gasteiger partial charge is 0.263 e. The summed E-state index contributed by atoms with van der Waals surface area (Å²) in [5, 5.41) is 2.66. The molecule has 0 spiro atoms. The molecular weight excluding hydrogens is 388 g/mol. The molecule has 0 radical (unpaired) electrons. The highest BCUT2D eigenvalue weighted by Crippen LogP contribution is 2.32. The van der Waals surface area contributed by atoms with Crippen LogP contribution in [0, 0.1) is 0 Å². The van der Waals surface area contributed by atoms with Crippen LogP contribution < -0.4 is 15.0 Å². The molecule has 1 N–H and O–H groups in total. The van der Waals surface area contributed by atoms with Gasteiger partial charge in [0.1, 0.15) is 10.1 Å². The van der Waals surface area contributed by atoms with Crippen molar-refractivity contribution in [2.75, 3.05) is 24.6 Å². The molecule has 2 aromatic rings. The van der Waals surface area contributed by atoms with E-state index in [2.05, 4.69) is 48.3 Å². The Morgan fingerprint density at radius 1 is 1.14 bits per heavy atom. The van der Waals surface area contributed by atoms with Crippen LogP contribution in [0.5, 0.6) is 5.75 Å². The minimum atomic E-state index is -0.155. The van der Waals surface area contributed by atoms with Gasteiger partial charge in [0.2, 0.25) is 0 Å². The van der Waals surface area contributed by atoms with Crippen molar-refractivity contribution in [1.29, 1.82) is 0 Å². The van der Waals surface area contributed by atoms with Gasteiger partial charge in [-0.1, -0.05) is 54.3 Å². The quantitative estimate of drug-likeness (QED) is 0.505. The molecule has 1 aliphatic heterocycles. The lowest BCUT2D eigenvalue weighted by molar-refractivity contribution is -0.115. The topological polar surface area (TPSA) is 41.6 Å². The number of thiocarbonyl (C=S) groups is 1. The molecule has 0 aliphatic carbocycles. The first kappa shape index (κ1) is 20.4. The molecule has 3 rings (SSSR count). The van der Waals surface area contributed by atoms with Crippen molar-refractivity contribution in [1.82, 2.24) is 5.32 Å². The van der Waals surface area contributed by atoms with Gasteiger partial charge in [0, 0.05) is 36.8 Å². The standard InChI is InChI=1S/C22H24N2O2S2/c1-3-24(4-2)18-11-10-17(14-20-21(25)23-22(27)28-20)19(15-18)26-13-12-16-8-6-5-7-9-16/h5-11,14-15H,3-4,12-13H2,1-2H3,(H,23,25,27)/b20-14-. The van der Waals surface area contributed by atoms with E-state index in [9.17, 15) is 4.79 Å². The predicted octanol–water partition coefficient (Wildman–Crippen LogP) is 4.64. The Balaban J connectivity index is 1.84. The normalized spacial score (nSPS) is 15.0. The fraction of sp³-hybridized carbons (Fsp3) is 0.273. The molecule has 1 heterocycles. The first-order valence-electron chi connectivity index (χ1n) is 9.41. The molecule has 4 nitrogen and oxygen atoms in total. The van der Waals surface area contributed by atoms with Crippen molar-refractivity contribution in [3.63, 3.8) is 0 Å². The van der Waals surface area contributed by atoms with E-state index >= 15 is 0 Å². The van der Waals surface area contributed by atoms with E-state index in [1.165, 1.54) is 17.3 Å². The molecule has 0 saturated carbocycles. The largest absolute Gasteiger partial charge is 0.493 e. The van der Waals surface area contributed by atoms with Crippen molar-refractivity contribution in [2.24, 2.45) is 0 Å². The van der Waals surface area contributed by atoms with Crippen LogP contribution in [0.3, 0.4) is 0 Å². The molecule has 6 heteroatoms. The molecule has 28 heavy (non-hydrogen) atoms. The molecule has 0 aromatic heterocycles. The summed E-state index contributed by atoms with van der Waals surface area (Å²) >= 11 is 6.37. The molecule has 0 unspecified atom stereocenters. The summed E-state index contributed by atoms with van der Waals surface area (Å²) in [5.74, 6) is 0.622. The average molecular weight is 413 g/mol. The number of anilines is 1. The van der Waals surface area contributed by atoms with E-state index in [4.69, 9.17) is 17.0 Å². The van der Waals surface area contributed by atoms with Crippen LogP contribution in [-0.2, 0) is 11.2 Å². The first-order valence-corrected chi connectivity index (χ1v) is 10.6. The molecule has 0 bridgehead atoms. The Morgan fingerprint density at radius 3 is 2.54 bits per heavy atom. The van der Waals surface area contributed by atoms with Crippen LogP contribution in [0.4, 0.5) is 5.69 Å². The average Bonchev–Trinajstić information content (AvgIpc) is 3.02. The summed E-state index contributed by atoms with van der Waals surface area (Å²) in [4.78, 5) is 14.9. The van der Waals surface area contributed by atoms with Gasteiger partial charge in [-0.25, -0.2) is 0 Å². The number of hydrogen-bond donors (Lipinski definition) is 1. The second-order valence-electron chi connectivity index (χ2n) is 6.33. The van der Waals surface area contributed by atoms with Crippen LogP contribution in [-0.4, -0.2) is 29.9 Å². The van der Waals surface area contributed by atoms with Crippen molar-refractivity contribution in [3.8, 4) is 5.75 Å². The van der Waals surface area contributed by atoms with Gasteiger partial charge in [0.05, 0.1) is 11.5 Å². The monoisotopic (exact) mass is 412 g/mol. The third-order valence-electron chi connectivity index (χ3n) is 4.55. The maximum absolute atomic E-state index is 12.0. The number of thioether (sulfide) groups is 1. The highest BCUT2D eigenvalue weighted by atomic mass is 32.2. The van der Waals surface area contributed by atoms with Gasteiger partial charge in [0.15, 0.2) is 0 Å². The SMILES string of the molecule is CCN(CC)c1ccc(/C=C2\SC(=S)NC2=O)c(OCCc2ccccc2)c1. The lowest BCUT2D eigenvalue weighted by atomic mass is 10.1. The maximum Gasteiger partial charge on any atom is 0.263 e. The highest BCUT2D eigenvalue weighted by molar-refractivity contribution is 8.26. The van der Waals surface area contributed by atoms with E-state index in [1.54, 1.807) is 0 Å². The van der Waals surface area contributed by atoms with E-state index in [1.807, 2.05) is 30.3 Å². The predicted molar refractivity (Wildman–Crippen MR) is 122 cm³/mol. The number of ether oxygens (including phenoxy) is 1. The van der Waals surface area contributed by atoms with Gasteiger partial charge in [-0.2, -0.15) is 0 Å². The zero-order valence-corrected chi connectivity index (χ0v) is 17.7. The number of rotatable bonds is 8. The number of benzene rings is 2. The molecule has 0 atom stereocenters. The number of carbonyl (C=O) groups is 1. The van der Waals surface area contributed by atoms with Crippen molar-refractivity contribution < 1.29 is 9.53 Å². The Labute approximate surface area is 176 Å². The molecule has 2 aromatic carbocycles. The van der Waals surface area contributed by atoms with E-state index in [0.29, 0.717) is 15.8 Å². The lowest BCUT2D eigenvalue weighted by Gasteiger charge is -2.22. The lowest BCUT2D eigenvalue weighted by Crippen LogP contribution is -2.21. The number of carbonyl (C=O) groups excluding carboxylic acids is 1. The zero-order chi connectivity index (χ0) is 19.9. The summed E-state index contributed by atoms with van der Waals surface area (Å²) < 4.78 is 6.64. The third-order valence-corrected chi connectivity index (χ3v) is 5.71. The second-order valence-corrected chi connectivity index (χ2v) is 8.05. The summed E-state index contributed by atoms with van der Waals surface area (Å²) in [7, 11) is 0. The van der Waals surface area contributed by atoms with Crippen LogP contribution in [0.25, 0.3) is 6.08 Å². The number of nitrogens with zero attached hydrogens (tertiary/aromatic N) is 1. The summed E-state index contributed by atoms with van der Waals surface area (Å²) in [5.41, 5.74) is 3.23. The van der Waals surface area contributed by atoms with Crippen LogP contribution in [0.1, 0.15) is 25.0 Å². The number of amides is 1. The summed E-state index contributed by atoms with van der Waals surface area (Å²) in [6.45, 7) is 6.69. The van der Waals surface area contributed by atoms with Gasteiger partial charge in [-0.3, -0.25) is 4.79 Å². The molecule has 146 valence electrons. The molecular formula is C22H24N2O2S2. The van der Waals surface area contributed by atoms with E-state index in [0.717, 1.165) is 36.5 Å². The molecule has 1 fully saturated rings. The van der Waals surface area contributed by atoms with E-state index in [-0.39, 0.29) is 5.91 Å². The van der Waals surface area contributed by atoms with Gasteiger partial charge in [0.25, 0.3) is 5.91 Å². The molecule has 1 saturated heterocycles. The zero-order valence-electron chi connectivity index (χ0n) is 16.1. The third kappa shape index (κ3) is 5.14. The minimum absolute atomic E-state index is 0.155. The van der Waals surface area contributed by atoms with Gasteiger partial charge in [-0.05, 0) is 37.6 Å². The fourth-order valence-corrected chi connectivity index (χ4v) is 4.07. The Morgan fingerprint density at radius 2 is 1.89 bits per heavy atom. The maximum atomic E-state index is 12.0. The molecule has 1 amide bonds. The van der Waals surface area contributed by atoms with Gasteiger partial charge < -0.3 is 15.0 Å². The Hall–Kier alpha value is -2.31. The van der Waals surface area contributed by atoms with Crippen molar-refractivity contribution in [2.45, 2.75) is 20.3 Å². The first-order chi connectivity index (χ1) is 13.6. The fourth-order valence-electron chi connectivity index (χ4n) is 3.04. The van der Waals surface area contributed by atoms with Crippen LogP contribution >= 0.6 is 24.0 Å². The number of hydrogen-bond acceptors (Lipinski definition) is 5. The molecule has 1 aliphatic rings. The van der Waals surface area contributed by atoms with Crippen LogP contribution in [0.2, 0.25) is 0 Å². The van der Waals surface area contributed by atoms with Crippen molar-refractivity contribution >= 4 is 46.0 Å². The Bertz CT molecular complexity index is 877. The van der Waals surface area contributed by atoms with Gasteiger partial charge in [-0.15, -0.1) is 0 Å². The van der Waals surface area contributed by atoms with Gasteiger partial charge >= 0.3 is 0 Å². The van der Waals surface area contributed by atoms with Crippen LogP contribution in [0.15, 0.2) is 53.4 Å². The Kier molecular flexibility index (Phi) is 7.12. The number of nitrogens with one attached hydrogen (secondary N) is 1. The minimum Gasteiger partial charge on any atom is -0.493 e. The highest BCUT2D eigenvalue weighted by Gasteiger charge is 2.22. The van der Waals surface area contributed by atoms with Crippen molar-refractivity contribution in [3.05, 3.63) is 64.6 Å².